The van der Waals surface area contributed by atoms with E-state index in [0.717, 1.165) is 12.1 Å². The van der Waals surface area contributed by atoms with E-state index >= 15 is 0 Å². The van der Waals surface area contributed by atoms with Crippen LogP contribution in [0.2, 0.25) is 0 Å². The molecule has 0 aromatic carbocycles. The summed E-state index contributed by atoms with van der Waals surface area (Å²) < 4.78 is 3.60. The van der Waals surface area contributed by atoms with E-state index in [1.165, 1.54) is 0 Å². The summed E-state index contributed by atoms with van der Waals surface area (Å²) in [7, 11) is 0. The highest BCUT2D eigenvalue weighted by atomic mass is 16.4. The first-order valence-electron chi connectivity index (χ1n) is 6.04. The monoisotopic (exact) mass is 247 g/mol. The number of rotatable bonds is 5. The lowest BCUT2D eigenvalue weighted by Gasteiger charge is -2.08. The Morgan fingerprint density at radius 2 is 2.22 bits per heavy atom. The molecule has 1 unspecified atom stereocenters. The summed E-state index contributed by atoms with van der Waals surface area (Å²) in [6.45, 7) is 4.70. The molecule has 0 aliphatic rings. The van der Waals surface area contributed by atoms with Gasteiger partial charge in [-0.25, -0.2) is 4.79 Å². The van der Waals surface area contributed by atoms with Gasteiger partial charge in [0.1, 0.15) is 5.69 Å². The zero-order valence-electron chi connectivity index (χ0n) is 10.6. The van der Waals surface area contributed by atoms with Gasteiger partial charge in [-0.15, -0.1) is 0 Å². The predicted octanol–water partition coefficient (Wildman–Crippen LogP) is 2.40. The first-order valence-corrected chi connectivity index (χ1v) is 6.04. The SMILES string of the molecule is CCC(C)n1ccc(Cn2cccc2C(=O)O)n1. The molecule has 5 heteroatoms. The van der Waals surface area contributed by atoms with Gasteiger partial charge in [-0.3, -0.25) is 4.68 Å². The number of hydrogen-bond acceptors (Lipinski definition) is 2. The summed E-state index contributed by atoms with van der Waals surface area (Å²) >= 11 is 0. The van der Waals surface area contributed by atoms with E-state index in [4.69, 9.17) is 5.11 Å². The van der Waals surface area contributed by atoms with Crippen molar-refractivity contribution in [2.45, 2.75) is 32.9 Å². The van der Waals surface area contributed by atoms with Gasteiger partial charge < -0.3 is 9.67 Å². The zero-order valence-corrected chi connectivity index (χ0v) is 10.6. The lowest BCUT2D eigenvalue weighted by molar-refractivity contribution is 0.0685. The molecule has 0 aliphatic carbocycles. The maximum absolute atomic E-state index is 11.0. The maximum atomic E-state index is 11.0. The summed E-state index contributed by atoms with van der Waals surface area (Å²) in [5.74, 6) is -0.915. The lowest BCUT2D eigenvalue weighted by atomic mass is 10.3. The molecule has 0 fully saturated rings. The van der Waals surface area contributed by atoms with Gasteiger partial charge in [0.05, 0.1) is 12.2 Å². The molecule has 1 atom stereocenters. The van der Waals surface area contributed by atoms with Crippen molar-refractivity contribution in [2.24, 2.45) is 0 Å². The largest absolute Gasteiger partial charge is 0.477 e. The fourth-order valence-electron chi connectivity index (χ4n) is 1.81. The first kappa shape index (κ1) is 12.4. The Hall–Kier alpha value is -2.04. The van der Waals surface area contributed by atoms with Crippen molar-refractivity contribution in [3.8, 4) is 0 Å². The van der Waals surface area contributed by atoms with Crippen molar-refractivity contribution < 1.29 is 9.90 Å². The molecule has 5 nitrogen and oxygen atoms in total. The van der Waals surface area contributed by atoms with Crippen LogP contribution in [0.4, 0.5) is 0 Å². The van der Waals surface area contributed by atoms with E-state index in [1.807, 2.05) is 16.9 Å². The number of aromatic nitrogens is 3. The van der Waals surface area contributed by atoms with Crippen LogP contribution in [0.5, 0.6) is 0 Å². The normalized spacial score (nSPS) is 12.6. The van der Waals surface area contributed by atoms with Gasteiger partial charge in [0.2, 0.25) is 0 Å². The first-order chi connectivity index (χ1) is 8.61. The Labute approximate surface area is 106 Å². The summed E-state index contributed by atoms with van der Waals surface area (Å²) in [5.41, 5.74) is 1.15. The van der Waals surface area contributed by atoms with E-state index < -0.39 is 5.97 Å². The van der Waals surface area contributed by atoms with E-state index in [-0.39, 0.29) is 5.69 Å². The molecule has 18 heavy (non-hydrogen) atoms. The maximum Gasteiger partial charge on any atom is 0.352 e. The second kappa shape index (κ2) is 5.08. The van der Waals surface area contributed by atoms with Gasteiger partial charge >= 0.3 is 5.97 Å². The number of nitrogens with zero attached hydrogens (tertiary/aromatic N) is 3. The third-order valence-electron chi connectivity index (χ3n) is 3.09. The molecule has 0 aliphatic heterocycles. The molecule has 2 aromatic rings. The fourth-order valence-corrected chi connectivity index (χ4v) is 1.81. The van der Waals surface area contributed by atoms with E-state index in [9.17, 15) is 4.79 Å². The Balaban J connectivity index is 2.16. The van der Waals surface area contributed by atoms with E-state index in [1.54, 1.807) is 22.9 Å². The van der Waals surface area contributed by atoms with Gasteiger partial charge in [-0.1, -0.05) is 6.92 Å². The van der Waals surface area contributed by atoms with Crippen molar-refractivity contribution >= 4 is 5.97 Å². The van der Waals surface area contributed by atoms with Gasteiger partial charge in [-0.05, 0) is 31.5 Å². The average Bonchev–Trinajstić information content (AvgIpc) is 2.97. The molecule has 0 saturated carbocycles. The second-order valence-corrected chi connectivity index (χ2v) is 4.37. The van der Waals surface area contributed by atoms with Gasteiger partial charge in [0, 0.05) is 18.4 Å². The topological polar surface area (TPSA) is 60.0 Å². The van der Waals surface area contributed by atoms with Crippen LogP contribution in [-0.4, -0.2) is 25.4 Å². The van der Waals surface area contributed by atoms with Gasteiger partial charge in [0.25, 0.3) is 0 Å². The number of carbonyl (C=O) groups is 1. The molecule has 0 amide bonds. The van der Waals surface area contributed by atoms with Crippen LogP contribution in [0.15, 0.2) is 30.6 Å². The van der Waals surface area contributed by atoms with Crippen molar-refractivity contribution in [1.82, 2.24) is 14.3 Å². The van der Waals surface area contributed by atoms with Gasteiger partial charge in [-0.2, -0.15) is 5.10 Å². The summed E-state index contributed by atoms with van der Waals surface area (Å²) in [4.78, 5) is 11.0. The number of aromatic carboxylic acids is 1. The molecule has 2 rings (SSSR count). The highest BCUT2D eigenvalue weighted by Crippen LogP contribution is 2.11. The molecule has 1 N–H and O–H groups in total. The minimum Gasteiger partial charge on any atom is -0.477 e. The van der Waals surface area contributed by atoms with Crippen molar-refractivity contribution in [2.75, 3.05) is 0 Å². The number of carboxylic acid groups (broad SMARTS) is 1. The highest BCUT2D eigenvalue weighted by Gasteiger charge is 2.10. The fraction of sp³-hybridized carbons (Fsp3) is 0.385. The third kappa shape index (κ3) is 2.45. The smallest absolute Gasteiger partial charge is 0.352 e. The standard InChI is InChI=1S/C13H17N3O2/c1-3-10(2)16-8-6-11(14-16)9-15-7-4-5-12(15)13(17)18/h4-8,10H,3,9H2,1-2H3,(H,17,18). The van der Waals surface area contributed by atoms with E-state index in [2.05, 4.69) is 18.9 Å². The Morgan fingerprint density at radius 3 is 2.89 bits per heavy atom. The molecule has 2 heterocycles. The van der Waals surface area contributed by atoms with Crippen LogP contribution in [0.1, 0.15) is 42.5 Å². The average molecular weight is 247 g/mol. The zero-order chi connectivity index (χ0) is 13.1. The third-order valence-corrected chi connectivity index (χ3v) is 3.09. The minimum absolute atomic E-state index is 0.285. The molecule has 0 radical (unpaired) electrons. The van der Waals surface area contributed by atoms with Gasteiger partial charge in [0.15, 0.2) is 0 Å². The van der Waals surface area contributed by atoms with Crippen molar-refractivity contribution in [3.63, 3.8) is 0 Å². The Kier molecular flexibility index (Phi) is 3.50. The van der Waals surface area contributed by atoms with Crippen LogP contribution in [-0.2, 0) is 6.54 Å². The summed E-state index contributed by atoms with van der Waals surface area (Å²) in [5, 5.41) is 13.5. The molecular formula is C13H17N3O2. The van der Waals surface area contributed by atoms with Crippen LogP contribution in [0.25, 0.3) is 0 Å². The van der Waals surface area contributed by atoms with E-state index in [0.29, 0.717) is 12.6 Å². The number of hydrogen-bond donors (Lipinski definition) is 1. The highest BCUT2D eigenvalue weighted by molar-refractivity contribution is 5.85. The minimum atomic E-state index is -0.915. The molecule has 0 saturated heterocycles. The molecular weight excluding hydrogens is 230 g/mol. The van der Waals surface area contributed by atoms with Crippen LogP contribution >= 0.6 is 0 Å². The number of carboxylic acids is 1. The molecule has 2 aromatic heterocycles. The Morgan fingerprint density at radius 1 is 1.44 bits per heavy atom. The summed E-state index contributed by atoms with van der Waals surface area (Å²) in [6.07, 6.45) is 4.71. The summed E-state index contributed by atoms with van der Waals surface area (Å²) in [6, 6.07) is 5.61. The van der Waals surface area contributed by atoms with Crippen molar-refractivity contribution in [1.29, 1.82) is 0 Å². The predicted molar refractivity (Wildman–Crippen MR) is 67.7 cm³/mol. The molecule has 96 valence electrons. The van der Waals surface area contributed by atoms with Crippen LogP contribution in [0.3, 0.4) is 0 Å². The molecule has 0 bridgehead atoms. The van der Waals surface area contributed by atoms with Crippen LogP contribution < -0.4 is 0 Å². The van der Waals surface area contributed by atoms with Crippen LogP contribution in [0, 0.1) is 0 Å². The lowest BCUT2D eigenvalue weighted by Crippen LogP contribution is -2.10. The second-order valence-electron chi connectivity index (χ2n) is 4.37. The quantitative estimate of drug-likeness (QED) is 0.882. The molecule has 0 spiro atoms. The Bertz CT molecular complexity index is 542. The van der Waals surface area contributed by atoms with Crippen molar-refractivity contribution in [3.05, 3.63) is 42.0 Å².